The van der Waals surface area contributed by atoms with Crippen LogP contribution in [0.15, 0.2) is 53.3 Å². The highest BCUT2D eigenvalue weighted by molar-refractivity contribution is 5.97. The van der Waals surface area contributed by atoms with E-state index in [0.717, 1.165) is 5.75 Å². The van der Waals surface area contributed by atoms with E-state index in [2.05, 4.69) is 5.32 Å². The first-order chi connectivity index (χ1) is 11.6. The first-order valence-electron chi connectivity index (χ1n) is 7.84. The van der Waals surface area contributed by atoms with Crippen molar-refractivity contribution in [3.8, 4) is 5.75 Å². The number of benzene rings is 1. The van der Waals surface area contributed by atoms with Crippen LogP contribution in [0, 0.1) is 0 Å². The molecule has 0 radical (unpaired) electrons. The Balaban J connectivity index is 1.70. The molecular formula is C18H22N2O4. The minimum atomic E-state index is -0.604. The molecule has 2 amide bonds. The maximum Gasteiger partial charge on any atom is 0.255 e. The number of hydrogen-bond acceptors (Lipinski definition) is 4. The second-order valence-electron chi connectivity index (χ2n) is 5.48. The van der Waals surface area contributed by atoms with Crippen LogP contribution >= 0.6 is 0 Å². The Kier molecular flexibility index (Phi) is 6.42. The molecule has 0 unspecified atom stereocenters. The molecule has 6 heteroatoms. The lowest BCUT2D eigenvalue weighted by Gasteiger charge is -2.22. The molecule has 1 aromatic heterocycles. The van der Waals surface area contributed by atoms with Gasteiger partial charge in [0.25, 0.3) is 5.91 Å². The third-order valence-corrected chi connectivity index (χ3v) is 3.53. The predicted molar refractivity (Wildman–Crippen MR) is 89.8 cm³/mol. The average Bonchev–Trinajstić information content (AvgIpc) is 3.13. The maximum atomic E-state index is 12.3. The van der Waals surface area contributed by atoms with Crippen molar-refractivity contribution in [1.82, 2.24) is 10.2 Å². The zero-order valence-electron chi connectivity index (χ0n) is 13.9. The smallest absolute Gasteiger partial charge is 0.255 e. The summed E-state index contributed by atoms with van der Waals surface area (Å²) < 4.78 is 10.4. The molecule has 0 aliphatic carbocycles. The van der Waals surface area contributed by atoms with Gasteiger partial charge in [-0.05, 0) is 31.5 Å². The topological polar surface area (TPSA) is 71.8 Å². The van der Waals surface area contributed by atoms with Crippen molar-refractivity contribution in [2.24, 2.45) is 0 Å². The van der Waals surface area contributed by atoms with E-state index in [1.807, 2.05) is 30.3 Å². The molecule has 2 rings (SSSR count). The lowest BCUT2D eigenvalue weighted by atomic mass is 10.2. The van der Waals surface area contributed by atoms with Gasteiger partial charge in [0.15, 0.2) is 0 Å². The zero-order chi connectivity index (χ0) is 17.4. The quantitative estimate of drug-likeness (QED) is 0.754. The molecular weight excluding hydrogens is 308 g/mol. The highest BCUT2D eigenvalue weighted by atomic mass is 16.5. The van der Waals surface area contributed by atoms with E-state index in [1.54, 1.807) is 24.9 Å². The van der Waals surface area contributed by atoms with Gasteiger partial charge in [0, 0.05) is 13.6 Å². The summed E-state index contributed by atoms with van der Waals surface area (Å²) >= 11 is 0. The van der Waals surface area contributed by atoms with Gasteiger partial charge < -0.3 is 19.4 Å². The Bertz CT molecular complexity index is 640. The number of hydrogen-bond donors (Lipinski definition) is 1. The van der Waals surface area contributed by atoms with E-state index >= 15 is 0 Å². The standard InChI is InChI=1S/C18H22N2O4/c1-14(19-17(21)15-9-12-23-13-15)18(22)20(2)10-6-11-24-16-7-4-3-5-8-16/h3-5,7-9,12-14H,6,10-11H2,1-2H3,(H,19,21)/t14-/m1/s1. The second-order valence-corrected chi connectivity index (χ2v) is 5.48. The van der Waals surface area contributed by atoms with Crippen LogP contribution in [-0.2, 0) is 4.79 Å². The fraction of sp³-hybridized carbons (Fsp3) is 0.333. The van der Waals surface area contributed by atoms with E-state index in [0.29, 0.717) is 25.1 Å². The molecule has 24 heavy (non-hydrogen) atoms. The molecule has 0 saturated carbocycles. The van der Waals surface area contributed by atoms with E-state index in [4.69, 9.17) is 9.15 Å². The van der Waals surface area contributed by atoms with Crippen LogP contribution < -0.4 is 10.1 Å². The molecule has 1 N–H and O–H groups in total. The SMILES string of the molecule is C[C@@H](NC(=O)c1ccoc1)C(=O)N(C)CCCOc1ccccc1. The lowest BCUT2D eigenvalue weighted by Crippen LogP contribution is -2.45. The molecule has 1 aromatic carbocycles. The summed E-state index contributed by atoms with van der Waals surface area (Å²) in [4.78, 5) is 25.7. The number of carbonyl (C=O) groups excluding carboxylic acids is 2. The number of carbonyl (C=O) groups is 2. The van der Waals surface area contributed by atoms with Gasteiger partial charge in [-0.25, -0.2) is 0 Å². The van der Waals surface area contributed by atoms with Crippen molar-refractivity contribution in [1.29, 1.82) is 0 Å². The highest BCUT2D eigenvalue weighted by Crippen LogP contribution is 2.08. The molecule has 0 aliphatic heterocycles. The van der Waals surface area contributed by atoms with Crippen LogP contribution in [0.4, 0.5) is 0 Å². The van der Waals surface area contributed by atoms with Crippen molar-refractivity contribution >= 4 is 11.8 Å². The molecule has 0 aliphatic rings. The van der Waals surface area contributed by atoms with Gasteiger partial charge in [0.2, 0.25) is 5.91 Å². The molecule has 0 bridgehead atoms. The van der Waals surface area contributed by atoms with Gasteiger partial charge in [0.1, 0.15) is 18.1 Å². The zero-order valence-corrected chi connectivity index (χ0v) is 13.9. The van der Waals surface area contributed by atoms with E-state index in [1.165, 1.54) is 12.5 Å². The number of likely N-dealkylation sites (N-methyl/N-ethyl adjacent to an activating group) is 1. The molecule has 1 atom stereocenters. The van der Waals surface area contributed by atoms with E-state index in [9.17, 15) is 9.59 Å². The van der Waals surface area contributed by atoms with Crippen molar-refractivity contribution in [3.63, 3.8) is 0 Å². The third kappa shape index (κ3) is 5.15. The number of nitrogens with zero attached hydrogens (tertiary/aromatic N) is 1. The van der Waals surface area contributed by atoms with Crippen LogP contribution in [0.2, 0.25) is 0 Å². The summed E-state index contributed by atoms with van der Waals surface area (Å²) in [5.74, 6) is 0.337. The molecule has 1 heterocycles. The Morgan fingerprint density at radius 3 is 2.67 bits per heavy atom. The average molecular weight is 330 g/mol. The van der Waals surface area contributed by atoms with Crippen molar-refractivity contribution in [2.45, 2.75) is 19.4 Å². The van der Waals surface area contributed by atoms with Crippen LogP contribution in [0.3, 0.4) is 0 Å². The van der Waals surface area contributed by atoms with Gasteiger partial charge in [-0.2, -0.15) is 0 Å². The number of furan rings is 1. The highest BCUT2D eigenvalue weighted by Gasteiger charge is 2.20. The van der Waals surface area contributed by atoms with Gasteiger partial charge in [0.05, 0.1) is 18.4 Å². The fourth-order valence-corrected chi connectivity index (χ4v) is 2.18. The number of nitrogens with one attached hydrogen (secondary N) is 1. The van der Waals surface area contributed by atoms with E-state index < -0.39 is 6.04 Å². The van der Waals surface area contributed by atoms with Crippen LogP contribution in [0.25, 0.3) is 0 Å². The summed E-state index contributed by atoms with van der Waals surface area (Å²) in [6.07, 6.45) is 3.47. The lowest BCUT2D eigenvalue weighted by molar-refractivity contribution is -0.131. The Labute approximate surface area is 141 Å². The van der Waals surface area contributed by atoms with Gasteiger partial charge in [-0.3, -0.25) is 9.59 Å². The van der Waals surface area contributed by atoms with Crippen molar-refractivity contribution < 1.29 is 18.7 Å². The van der Waals surface area contributed by atoms with E-state index in [-0.39, 0.29) is 11.8 Å². The second kappa shape index (κ2) is 8.76. The Morgan fingerprint density at radius 1 is 1.25 bits per heavy atom. The normalized spacial score (nSPS) is 11.6. The first-order valence-corrected chi connectivity index (χ1v) is 7.84. The summed E-state index contributed by atoms with van der Waals surface area (Å²) in [5.41, 5.74) is 0.397. The monoisotopic (exact) mass is 330 g/mol. The summed E-state index contributed by atoms with van der Waals surface area (Å²) in [6, 6.07) is 10.5. The number of rotatable bonds is 8. The number of amides is 2. The fourth-order valence-electron chi connectivity index (χ4n) is 2.18. The molecule has 6 nitrogen and oxygen atoms in total. The number of para-hydroxylation sites is 1. The molecule has 0 spiro atoms. The third-order valence-electron chi connectivity index (χ3n) is 3.53. The summed E-state index contributed by atoms with van der Waals surface area (Å²) in [5, 5.41) is 2.66. The van der Waals surface area contributed by atoms with Crippen LogP contribution in [0.5, 0.6) is 5.75 Å². The minimum Gasteiger partial charge on any atom is -0.494 e. The molecule has 0 saturated heterocycles. The Morgan fingerprint density at radius 2 is 2.00 bits per heavy atom. The summed E-state index contributed by atoms with van der Waals surface area (Å²) in [7, 11) is 1.71. The van der Waals surface area contributed by atoms with Crippen LogP contribution in [-0.4, -0.2) is 43.0 Å². The molecule has 0 fully saturated rings. The van der Waals surface area contributed by atoms with Gasteiger partial charge in [-0.1, -0.05) is 18.2 Å². The van der Waals surface area contributed by atoms with Gasteiger partial charge >= 0.3 is 0 Å². The predicted octanol–water partition coefficient (Wildman–Crippen LogP) is 2.33. The molecule has 128 valence electrons. The van der Waals surface area contributed by atoms with Crippen molar-refractivity contribution in [2.75, 3.05) is 20.2 Å². The molecule has 2 aromatic rings. The number of ether oxygens (including phenoxy) is 1. The minimum absolute atomic E-state index is 0.147. The largest absolute Gasteiger partial charge is 0.494 e. The van der Waals surface area contributed by atoms with Crippen LogP contribution in [0.1, 0.15) is 23.7 Å². The van der Waals surface area contributed by atoms with Gasteiger partial charge in [-0.15, -0.1) is 0 Å². The maximum absolute atomic E-state index is 12.3. The summed E-state index contributed by atoms with van der Waals surface area (Å²) in [6.45, 7) is 2.74. The van der Waals surface area contributed by atoms with Crippen molar-refractivity contribution in [3.05, 3.63) is 54.5 Å². The Hall–Kier alpha value is -2.76. The first kappa shape index (κ1) is 17.6.